The fourth-order valence-electron chi connectivity index (χ4n) is 11.8. The quantitative estimate of drug-likeness (QED) is 0.0934. The Morgan fingerprint density at radius 2 is 0.465 bits per heavy atom. The van der Waals surface area contributed by atoms with Crippen molar-refractivity contribution in [3.63, 3.8) is 0 Å². The van der Waals surface area contributed by atoms with Crippen molar-refractivity contribution >= 4 is 51.2 Å². The van der Waals surface area contributed by atoms with E-state index in [1.165, 1.54) is 0 Å². The first-order valence-electron chi connectivity index (χ1n) is 28.9. The highest BCUT2D eigenvalue weighted by molar-refractivity contribution is 5.88. The molecule has 0 atom stereocenters. The van der Waals surface area contributed by atoms with Crippen LogP contribution in [0.1, 0.15) is 40.3 Å². The maximum absolute atomic E-state index is 6.48. The highest BCUT2D eigenvalue weighted by Gasteiger charge is 2.33. The van der Waals surface area contributed by atoms with Crippen LogP contribution in [0.3, 0.4) is 0 Å². The molecule has 416 valence electrons. The lowest BCUT2D eigenvalue weighted by molar-refractivity contribution is 0.306. The molecule has 0 saturated carbocycles. The smallest absolute Gasteiger partial charge is 0.151 e. The van der Waals surface area contributed by atoms with Crippen molar-refractivity contribution in [2.75, 3.05) is 14.7 Å². The van der Waals surface area contributed by atoms with Gasteiger partial charge in [0.15, 0.2) is 34.5 Å². The molecule has 15 rings (SSSR count). The van der Waals surface area contributed by atoms with Gasteiger partial charge < -0.3 is 43.1 Å². The van der Waals surface area contributed by atoms with Gasteiger partial charge in [-0.1, -0.05) is 146 Å². The molecule has 3 heterocycles. The van der Waals surface area contributed by atoms with Crippen LogP contribution in [0.15, 0.2) is 291 Å². The molecule has 0 aliphatic carbocycles. The zero-order valence-corrected chi connectivity index (χ0v) is 47.1. The summed E-state index contributed by atoms with van der Waals surface area (Å²) in [6, 6.07) is 99.9. The molecule has 0 unspecified atom stereocenters. The highest BCUT2D eigenvalue weighted by atomic mass is 16.5. The lowest BCUT2D eigenvalue weighted by atomic mass is 9.71. The minimum atomic E-state index is -0.568. The molecule has 12 aromatic rings. The minimum absolute atomic E-state index is 0.415. The second kappa shape index (κ2) is 22.2. The van der Waals surface area contributed by atoms with Crippen molar-refractivity contribution in [3.05, 3.63) is 325 Å². The fourth-order valence-corrected chi connectivity index (χ4v) is 11.8. The third-order valence-corrected chi connectivity index (χ3v) is 16.4. The molecular weight excluding hydrogens is 1060 g/mol. The second-order valence-corrected chi connectivity index (χ2v) is 21.7. The van der Waals surface area contributed by atoms with Gasteiger partial charge in [-0.3, -0.25) is 0 Å². The number of nitrogens with zero attached hydrogens (tertiary/aromatic N) is 3. The molecule has 0 saturated heterocycles. The Kier molecular flexibility index (Phi) is 13.3. The number of hydrogen-bond acceptors (Lipinski definition) is 9. The van der Waals surface area contributed by atoms with E-state index in [2.05, 4.69) is 204 Å². The standard InChI is InChI=1S/C77H57N3O6/c1-77(56-32-44-62(45-33-56)81-50-53-26-38-59(39-27-53)78-65-14-2-8-20-71(65)84-72-21-9-3-15-66(72)78,57-34-46-63(47-35-57)82-51-54-28-40-60(41-29-54)79-67-16-4-10-22-73(67)85-74-23-11-5-17-68(74)79)58-36-48-64(49-37-58)83-52-55-30-42-61(43-31-55)80-69-18-6-12-24-75(69)86-76-25-13-7-19-70(76)80/h2-49H,50-52H2,1H3. The molecule has 0 bridgehead atoms. The van der Waals surface area contributed by atoms with Gasteiger partial charge in [-0.15, -0.1) is 0 Å². The van der Waals surface area contributed by atoms with Crippen LogP contribution in [0.5, 0.6) is 51.7 Å². The topological polar surface area (TPSA) is 65.1 Å². The number of anilines is 9. The summed E-state index contributed by atoms with van der Waals surface area (Å²) in [6.45, 7) is 3.52. The zero-order chi connectivity index (χ0) is 57.4. The summed E-state index contributed by atoms with van der Waals surface area (Å²) >= 11 is 0. The molecule has 0 N–H and O–H groups in total. The molecule has 0 spiro atoms. The third-order valence-electron chi connectivity index (χ3n) is 16.4. The van der Waals surface area contributed by atoms with Gasteiger partial charge >= 0.3 is 0 Å². The van der Waals surface area contributed by atoms with Gasteiger partial charge in [-0.05, 0) is 186 Å². The molecule has 86 heavy (non-hydrogen) atoms. The first-order valence-corrected chi connectivity index (χ1v) is 28.9. The number of para-hydroxylation sites is 12. The maximum Gasteiger partial charge on any atom is 0.151 e. The average molecular weight is 1120 g/mol. The van der Waals surface area contributed by atoms with Crippen LogP contribution >= 0.6 is 0 Å². The van der Waals surface area contributed by atoms with E-state index in [9.17, 15) is 0 Å². The summed E-state index contributed by atoms with van der Waals surface area (Å²) in [5.74, 6) is 7.29. The summed E-state index contributed by atoms with van der Waals surface area (Å²) in [5, 5.41) is 0. The summed E-state index contributed by atoms with van der Waals surface area (Å²) in [5.41, 5.74) is 15.1. The van der Waals surface area contributed by atoms with E-state index >= 15 is 0 Å². The molecule has 9 heteroatoms. The number of benzene rings is 12. The van der Waals surface area contributed by atoms with Gasteiger partial charge in [0.25, 0.3) is 0 Å². The lowest BCUT2D eigenvalue weighted by Crippen LogP contribution is -2.25. The minimum Gasteiger partial charge on any atom is -0.489 e. The lowest BCUT2D eigenvalue weighted by Gasteiger charge is -2.33. The predicted octanol–water partition coefficient (Wildman–Crippen LogP) is 20.5. The van der Waals surface area contributed by atoms with Crippen molar-refractivity contribution in [1.82, 2.24) is 0 Å². The predicted molar refractivity (Wildman–Crippen MR) is 341 cm³/mol. The van der Waals surface area contributed by atoms with Gasteiger partial charge in [0.1, 0.15) is 37.1 Å². The molecule has 9 nitrogen and oxygen atoms in total. The highest BCUT2D eigenvalue weighted by Crippen LogP contribution is 2.53. The molecule has 0 aromatic heterocycles. The Labute approximate surface area is 500 Å². The Balaban J connectivity index is 0.658. The Morgan fingerprint density at radius 3 is 0.686 bits per heavy atom. The zero-order valence-electron chi connectivity index (χ0n) is 47.1. The number of rotatable bonds is 15. The van der Waals surface area contributed by atoms with Gasteiger partial charge in [-0.2, -0.15) is 0 Å². The molecular formula is C77H57N3O6. The van der Waals surface area contributed by atoms with Crippen LogP contribution in [0, 0.1) is 0 Å². The van der Waals surface area contributed by atoms with Crippen LogP contribution in [-0.2, 0) is 25.2 Å². The first kappa shape index (κ1) is 51.7. The molecule has 12 aromatic carbocycles. The van der Waals surface area contributed by atoms with Gasteiger partial charge in [0.05, 0.1) is 34.1 Å². The molecule has 0 fully saturated rings. The van der Waals surface area contributed by atoms with Crippen LogP contribution < -0.4 is 43.1 Å². The number of hydrogen-bond donors (Lipinski definition) is 0. The van der Waals surface area contributed by atoms with Crippen molar-refractivity contribution < 1.29 is 28.4 Å². The average Bonchev–Trinajstić information content (AvgIpc) is 1.55. The van der Waals surface area contributed by atoms with E-state index in [0.717, 1.165) is 136 Å². The van der Waals surface area contributed by atoms with E-state index in [0.29, 0.717) is 19.8 Å². The number of fused-ring (bicyclic) bond motifs is 6. The van der Waals surface area contributed by atoms with Crippen LogP contribution in [-0.4, -0.2) is 0 Å². The Hall–Kier alpha value is -11.2. The summed E-state index contributed by atoms with van der Waals surface area (Å²) < 4.78 is 38.2. The van der Waals surface area contributed by atoms with Crippen molar-refractivity contribution in [3.8, 4) is 51.7 Å². The number of ether oxygens (including phenoxy) is 6. The van der Waals surface area contributed by atoms with E-state index < -0.39 is 5.41 Å². The first-order chi connectivity index (χ1) is 42.5. The Bertz CT molecular complexity index is 3810. The third kappa shape index (κ3) is 9.80. The molecule has 3 aliphatic rings. The molecule has 3 aliphatic heterocycles. The van der Waals surface area contributed by atoms with Crippen LogP contribution in [0.2, 0.25) is 0 Å². The Morgan fingerprint density at radius 1 is 0.256 bits per heavy atom. The van der Waals surface area contributed by atoms with Crippen molar-refractivity contribution in [2.24, 2.45) is 0 Å². The summed E-state index contributed by atoms with van der Waals surface area (Å²) in [4.78, 5) is 6.73. The SMILES string of the molecule is CC(c1ccc(OCc2ccc(N3c4ccccc4Oc4ccccc43)cc2)cc1)(c1ccc(OCc2ccc(N3c4ccccc4Oc4ccccc43)cc2)cc1)c1ccc(OCc2ccc(N3c4ccccc4Oc4ccccc43)cc2)cc1. The monoisotopic (exact) mass is 1120 g/mol. The van der Waals surface area contributed by atoms with Gasteiger partial charge in [0.2, 0.25) is 0 Å². The fraction of sp³-hybridized carbons (Fsp3) is 0.0649. The largest absolute Gasteiger partial charge is 0.489 e. The van der Waals surface area contributed by atoms with Crippen molar-refractivity contribution in [1.29, 1.82) is 0 Å². The molecule has 0 amide bonds. The van der Waals surface area contributed by atoms with Crippen LogP contribution in [0.25, 0.3) is 0 Å². The van der Waals surface area contributed by atoms with Crippen molar-refractivity contribution in [2.45, 2.75) is 32.2 Å². The normalized spacial score (nSPS) is 12.6. The van der Waals surface area contributed by atoms with E-state index in [-0.39, 0.29) is 0 Å². The van der Waals surface area contributed by atoms with E-state index in [1.807, 2.05) is 109 Å². The second-order valence-electron chi connectivity index (χ2n) is 21.7. The summed E-state index contributed by atoms with van der Waals surface area (Å²) in [6.07, 6.45) is 0. The molecule has 0 radical (unpaired) electrons. The van der Waals surface area contributed by atoms with E-state index in [4.69, 9.17) is 28.4 Å². The summed E-state index contributed by atoms with van der Waals surface area (Å²) in [7, 11) is 0. The van der Waals surface area contributed by atoms with Crippen LogP contribution in [0.4, 0.5) is 51.2 Å². The van der Waals surface area contributed by atoms with Gasteiger partial charge in [-0.25, -0.2) is 0 Å². The van der Waals surface area contributed by atoms with Gasteiger partial charge in [0, 0.05) is 22.5 Å². The van der Waals surface area contributed by atoms with E-state index in [1.54, 1.807) is 0 Å². The maximum atomic E-state index is 6.48.